The highest BCUT2D eigenvalue weighted by molar-refractivity contribution is 6.00. The summed E-state index contributed by atoms with van der Waals surface area (Å²) >= 11 is 0. The standard InChI is InChI=1S/C21H24F2N4O5/c1-11(21(2,3)29)31-13-8-25-18-14(9-26-27(18)10-13)12-6-15(30-5)17(19(28)24-4)16(7-12)32-20(22)23/h6-11,20,29H,1-5H3,(H,24,28). The molecule has 0 saturated heterocycles. The Kier molecular flexibility index (Phi) is 6.49. The minimum Gasteiger partial charge on any atom is -0.496 e. The Hall–Kier alpha value is -3.47. The number of carbonyl (C=O) groups excluding carboxylic acids is 1. The zero-order valence-corrected chi connectivity index (χ0v) is 18.2. The van der Waals surface area contributed by atoms with Gasteiger partial charge in [0.25, 0.3) is 5.91 Å². The van der Waals surface area contributed by atoms with Crippen molar-refractivity contribution in [1.82, 2.24) is 19.9 Å². The first-order valence-electron chi connectivity index (χ1n) is 9.66. The van der Waals surface area contributed by atoms with Crippen LogP contribution in [0.5, 0.6) is 17.2 Å². The van der Waals surface area contributed by atoms with E-state index in [2.05, 4.69) is 20.1 Å². The summed E-state index contributed by atoms with van der Waals surface area (Å²) in [7, 11) is 2.69. The zero-order chi connectivity index (χ0) is 23.6. The largest absolute Gasteiger partial charge is 0.496 e. The summed E-state index contributed by atoms with van der Waals surface area (Å²) in [5, 5.41) is 16.7. The van der Waals surface area contributed by atoms with Crippen molar-refractivity contribution in [2.24, 2.45) is 0 Å². The van der Waals surface area contributed by atoms with Crippen LogP contribution in [0.2, 0.25) is 0 Å². The molecule has 1 atom stereocenters. The van der Waals surface area contributed by atoms with Gasteiger partial charge in [0.05, 0.1) is 31.3 Å². The van der Waals surface area contributed by atoms with Crippen LogP contribution in [0.4, 0.5) is 8.78 Å². The molecule has 0 radical (unpaired) electrons. The third kappa shape index (κ3) is 4.72. The van der Waals surface area contributed by atoms with Gasteiger partial charge in [-0.05, 0) is 38.5 Å². The van der Waals surface area contributed by atoms with Crippen LogP contribution in [0.1, 0.15) is 31.1 Å². The number of alkyl halides is 2. The molecule has 9 nitrogen and oxygen atoms in total. The number of amides is 1. The fraction of sp³-hybridized carbons (Fsp3) is 0.381. The van der Waals surface area contributed by atoms with E-state index in [0.29, 0.717) is 22.5 Å². The second kappa shape index (κ2) is 8.95. The van der Waals surface area contributed by atoms with Crippen molar-refractivity contribution in [2.45, 2.75) is 39.1 Å². The van der Waals surface area contributed by atoms with Gasteiger partial charge in [0.15, 0.2) is 11.4 Å². The summed E-state index contributed by atoms with van der Waals surface area (Å²) in [5.74, 6) is -0.538. The highest BCUT2D eigenvalue weighted by Gasteiger charge is 2.25. The smallest absolute Gasteiger partial charge is 0.387 e. The average molecular weight is 450 g/mol. The lowest BCUT2D eigenvalue weighted by Crippen LogP contribution is -2.37. The van der Waals surface area contributed by atoms with Gasteiger partial charge in [0, 0.05) is 12.6 Å². The van der Waals surface area contributed by atoms with Gasteiger partial charge in [-0.1, -0.05) is 0 Å². The number of halogens is 2. The van der Waals surface area contributed by atoms with E-state index < -0.39 is 24.2 Å². The normalized spacial score (nSPS) is 12.7. The first-order chi connectivity index (χ1) is 15.0. The number of hydrogen-bond donors (Lipinski definition) is 2. The van der Waals surface area contributed by atoms with E-state index in [4.69, 9.17) is 9.47 Å². The minimum atomic E-state index is -3.14. The number of benzene rings is 1. The first-order valence-corrected chi connectivity index (χ1v) is 9.66. The number of rotatable bonds is 8. The van der Waals surface area contributed by atoms with Crippen LogP contribution in [0, 0.1) is 0 Å². The Morgan fingerprint density at radius 1 is 1.22 bits per heavy atom. The fourth-order valence-electron chi connectivity index (χ4n) is 2.91. The molecule has 3 aromatic rings. The Bertz CT molecular complexity index is 1130. The molecule has 32 heavy (non-hydrogen) atoms. The van der Waals surface area contributed by atoms with Crippen molar-refractivity contribution < 1.29 is 32.9 Å². The third-order valence-electron chi connectivity index (χ3n) is 4.91. The predicted octanol–water partition coefficient (Wildman–Crippen LogP) is 2.90. The third-order valence-corrected chi connectivity index (χ3v) is 4.91. The van der Waals surface area contributed by atoms with Gasteiger partial charge in [-0.3, -0.25) is 4.79 Å². The molecule has 2 N–H and O–H groups in total. The minimum absolute atomic E-state index is 0.0517. The van der Waals surface area contributed by atoms with Crippen molar-refractivity contribution in [3.63, 3.8) is 0 Å². The molecule has 1 amide bonds. The molecule has 1 aromatic carbocycles. The molecule has 2 heterocycles. The fourth-order valence-corrected chi connectivity index (χ4v) is 2.91. The number of aliphatic hydroxyl groups is 1. The summed E-state index contributed by atoms with van der Waals surface area (Å²) in [6.07, 6.45) is 4.04. The van der Waals surface area contributed by atoms with Crippen LogP contribution in [0.25, 0.3) is 16.8 Å². The van der Waals surface area contributed by atoms with E-state index in [-0.39, 0.29) is 17.1 Å². The monoisotopic (exact) mass is 450 g/mol. The lowest BCUT2D eigenvalue weighted by molar-refractivity contribution is -0.0502. The van der Waals surface area contributed by atoms with Crippen LogP contribution in [-0.4, -0.2) is 58.1 Å². The number of ether oxygens (including phenoxy) is 3. The number of methoxy groups -OCH3 is 1. The summed E-state index contributed by atoms with van der Waals surface area (Å²) in [5.41, 5.74) is 0.0962. The average Bonchev–Trinajstić information content (AvgIpc) is 3.14. The van der Waals surface area contributed by atoms with Crippen LogP contribution < -0.4 is 19.5 Å². The molecule has 0 saturated carbocycles. The molecule has 172 valence electrons. The number of fused-ring (bicyclic) bond motifs is 1. The maximum absolute atomic E-state index is 13.0. The van der Waals surface area contributed by atoms with Crippen LogP contribution in [0.15, 0.2) is 30.7 Å². The molecular weight excluding hydrogens is 426 g/mol. The number of carbonyl (C=O) groups is 1. The van der Waals surface area contributed by atoms with E-state index in [0.717, 1.165) is 0 Å². The Morgan fingerprint density at radius 3 is 2.50 bits per heavy atom. The van der Waals surface area contributed by atoms with Crippen molar-refractivity contribution in [3.05, 3.63) is 36.3 Å². The van der Waals surface area contributed by atoms with E-state index in [1.54, 1.807) is 27.0 Å². The van der Waals surface area contributed by atoms with E-state index in [1.807, 2.05) is 0 Å². The Balaban J connectivity index is 2.07. The molecule has 11 heteroatoms. The zero-order valence-electron chi connectivity index (χ0n) is 18.2. The molecule has 0 spiro atoms. The van der Waals surface area contributed by atoms with Crippen LogP contribution in [-0.2, 0) is 0 Å². The van der Waals surface area contributed by atoms with Crippen LogP contribution in [0.3, 0.4) is 0 Å². The highest BCUT2D eigenvalue weighted by Crippen LogP contribution is 2.37. The van der Waals surface area contributed by atoms with Crippen molar-refractivity contribution in [2.75, 3.05) is 14.2 Å². The van der Waals surface area contributed by atoms with Gasteiger partial charge >= 0.3 is 6.61 Å². The molecule has 0 aliphatic rings. The first kappa shape index (κ1) is 23.2. The molecule has 0 aliphatic carbocycles. The molecule has 0 fully saturated rings. The van der Waals surface area contributed by atoms with Crippen molar-refractivity contribution >= 4 is 11.6 Å². The quantitative estimate of drug-likeness (QED) is 0.543. The number of nitrogens with one attached hydrogen (secondary N) is 1. The van der Waals surface area contributed by atoms with Crippen molar-refractivity contribution in [1.29, 1.82) is 0 Å². The molecule has 1 unspecified atom stereocenters. The second-order valence-electron chi connectivity index (χ2n) is 7.54. The Labute approximate surface area is 182 Å². The molecule has 0 bridgehead atoms. The summed E-state index contributed by atoms with van der Waals surface area (Å²) in [4.78, 5) is 16.6. The number of nitrogens with zero attached hydrogens (tertiary/aromatic N) is 3. The van der Waals surface area contributed by atoms with Crippen LogP contribution >= 0.6 is 0 Å². The van der Waals surface area contributed by atoms with Gasteiger partial charge < -0.3 is 24.6 Å². The number of aromatic nitrogens is 3. The predicted molar refractivity (Wildman–Crippen MR) is 111 cm³/mol. The van der Waals surface area contributed by atoms with Gasteiger partial charge in [-0.2, -0.15) is 13.9 Å². The topological polar surface area (TPSA) is 107 Å². The number of hydrogen-bond acceptors (Lipinski definition) is 7. The SMILES string of the molecule is CNC(=O)c1c(OC)cc(-c2cnn3cc(OC(C)C(C)(C)O)cnc23)cc1OC(F)F. The van der Waals surface area contributed by atoms with E-state index in [9.17, 15) is 18.7 Å². The highest BCUT2D eigenvalue weighted by atomic mass is 19.3. The van der Waals surface area contributed by atoms with E-state index in [1.165, 1.54) is 43.2 Å². The van der Waals surface area contributed by atoms with Gasteiger partial charge in [-0.15, -0.1) is 0 Å². The summed E-state index contributed by atoms with van der Waals surface area (Å²) < 4.78 is 43.0. The maximum Gasteiger partial charge on any atom is 0.387 e. The van der Waals surface area contributed by atoms with Gasteiger partial charge in [0.1, 0.15) is 23.2 Å². The second-order valence-corrected chi connectivity index (χ2v) is 7.54. The maximum atomic E-state index is 13.0. The molecule has 0 aliphatic heterocycles. The van der Waals surface area contributed by atoms with E-state index >= 15 is 0 Å². The van der Waals surface area contributed by atoms with Crippen molar-refractivity contribution in [3.8, 4) is 28.4 Å². The summed E-state index contributed by atoms with van der Waals surface area (Å²) in [6.45, 7) is 1.84. The van der Waals surface area contributed by atoms with Gasteiger partial charge in [0.2, 0.25) is 0 Å². The molecule has 3 rings (SSSR count). The lowest BCUT2D eigenvalue weighted by atomic mass is 10.0. The molecule has 2 aromatic heterocycles. The van der Waals surface area contributed by atoms with Gasteiger partial charge in [-0.25, -0.2) is 9.50 Å². The molecular formula is C21H24F2N4O5. The lowest BCUT2D eigenvalue weighted by Gasteiger charge is -2.26. The summed E-state index contributed by atoms with van der Waals surface area (Å²) in [6, 6.07) is 2.82. The Morgan fingerprint density at radius 2 is 1.91 bits per heavy atom.